The van der Waals surface area contributed by atoms with Gasteiger partial charge in [0.15, 0.2) is 0 Å². The molecule has 0 aromatic carbocycles. The summed E-state index contributed by atoms with van der Waals surface area (Å²) in [6, 6.07) is 4.77. The number of hydrogen-bond donors (Lipinski definition) is 1. The van der Waals surface area contributed by atoms with Gasteiger partial charge in [0, 0.05) is 31.1 Å². The molecule has 1 fully saturated rings. The fraction of sp³-hybridized carbons (Fsp3) is 0.688. The topological polar surface area (TPSA) is 34.1 Å². The number of hydrogen-bond acceptors (Lipinski definition) is 3. The van der Waals surface area contributed by atoms with Gasteiger partial charge in [0.2, 0.25) is 0 Å². The zero-order valence-corrected chi connectivity index (χ0v) is 12.2. The molecule has 1 aromatic rings. The van der Waals surface area contributed by atoms with Crippen LogP contribution in [0.25, 0.3) is 0 Å². The normalized spacial score (nSPS) is 18.4. The maximum atomic E-state index is 5.45. The van der Waals surface area contributed by atoms with Crippen molar-refractivity contribution in [2.75, 3.05) is 19.8 Å². The molecule has 1 saturated heterocycles. The van der Waals surface area contributed by atoms with Crippen molar-refractivity contribution in [3.8, 4) is 0 Å². The standard InChI is InChI=1S/C16H26N2O/c1-3-8-17-16(11-14-6-9-19-10-7-14)15-5-4-13(2)18-12-15/h4-5,12,14,16-17H,3,6-11H2,1-2H3. The van der Waals surface area contributed by atoms with Crippen molar-refractivity contribution in [1.82, 2.24) is 10.3 Å². The first-order chi connectivity index (χ1) is 9.29. The van der Waals surface area contributed by atoms with E-state index in [-0.39, 0.29) is 0 Å². The third kappa shape index (κ3) is 4.59. The minimum atomic E-state index is 0.441. The molecule has 1 aliphatic rings. The van der Waals surface area contributed by atoms with Gasteiger partial charge in [0.25, 0.3) is 0 Å². The zero-order valence-electron chi connectivity index (χ0n) is 12.2. The molecular weight excluding hydrogens is 236 g/mol. The van der Waals surface area contributed by atoms with E-state index in [9.17, 15) is 0 Å². The Morgan fingerprint density at radius 3 is 2.79 bits per heavy atom. The van der Waals surface area contributed by atoms with Gasteiger partial charge >= 0.3 is 0 Å². The van der Waals surface area contributed by atoms with Crippen LogP contribution in [0.3, 0.4) is 0 Å². The van der Waals surface area contributed by atoms with E-state index >= 15 is 0 Å². The first kappa shape index (κ1) is 14.5. The highest BCUT2D eigenvalue weighted by Crippen LogP contribution is 2.27. The highest BCUT2D eigenvalue weighted by atomic mass is 16.5. The molecule has 0 radical (unpaired) electrons. The molecule has 2 heterocycles. The van der Waals surface area contributed by atoms with Gasteiger partial charge in [-0.15, -0.1) is 0 Å². The largest absolute Gasteiger partial charge is 0.381 e. The molecule has 1 atom stereocenters. The molecule has 2 rings (SSSR count). The van der Waals surface area contributed by atoms with Crippen LogP contribution in [0.5, 0.6) is 0 Å². The van der Waals surface area contributed by atoms with Crippen LogP contribution in [-0.4, -0.2) is 24.7 Å². The van der Waals surface area contributed by atoms with Crippen molar-refractivity contribution in [3.05, 3.63) is 29.6 Å². The molecule has 0 saturated carbocycles. The quantitative estimate of drug-likeness (QED) is 0.854. The monoisotopic (exact) mass is 262 g/mol. The van der Waals surface area contributed by atoms with E-state index in [1.807, 2.05) is 13.1 Å². The number of nitrogens with zero attached hydrogens (tertiary/aromatic N) is 1. The van der Waals surface area contributed by atoms with E-state index in [4.69, 9.17) is 4.74 Å². The molecule has 106 valence electrons. The molecule has 19 heavy (non-hydrogen) atoms. The molecule has 1 aromatic heterocycles. The van der Waals surface area contributed by atoms with Gasteiger partial charge in [0.05, 0.1) is 0 Å². The van der Waals surface area contributed by atoms with Crippen LogP contribution in [0.4, 0.5) is 0 Å². The van der Waals surface area contributed by atoms with Gasteiger partial charge in [-0.1, -0.05) is 13.0 Å². The van der Waals surface area contributed by atoms with Crippen LogP contribution in [0, 0.1) is 12.8 Å². The Kier molecular flexibility index (Phi) is 5.80. The van der Waals surface area contributed by atoms with Crippen LogP contribution in [0.2, 0.25) is 0 Å². The van der Waals surface area contributed by atoms with Crippen LogP contribution in [-0.2, 0) is 4.74 Å². The maximum Gasteiger partial charge on any atom is 0.0468 e. The van der Waals surface area contributed by atoms with Gasteiger partial charge in [0.1, 0.15) is 0 Å². The van der Waals surface area contributed by atoms with Crippen molar-refractivity contribution in [1.29, 1.82) is 0 Å². The Bertz CT molecular complexity index is 358. The minimum absolute atomic E-state index is 0.441. The van der Waals surface area contributed by atoms with E-state index in [0.717, 1.165) is 31.4 Å². The van der Waals surface area contributed by atoms with Crippen LogP contribution in [0.1, 0.15) is 49.9 Å². The Balaban J connectivity index is 1.99. The summed E-state index contributed by atoms with van der Waals surface area (Å²) in [5, 5.41) is 3.67. The molecule has 0 aliphatic carbocycles. The third-order valence-electron chi connectivity index (χ3n) is 3.89. The summed E-state index contributed by atoms with van der Waals surface area (Å²) in [7, 11) is 0. The van der Waals surface area contributed by atoms with Crippen molar-refractivity contribution < 1.29 is 4.74 Å². The lowest BCUT2D eigenvalue weighted by Gasteiger charge is -2.27. The van der Waals surface area contributed by atoms with Crippen LogP contribution < -0.4 is 5.32 Å². The van der Waals surface area contributed by atoms with E-state index in [1.165, 1.54) is 31.2 Å². The van der Waals surface area contributed by atoms with E-state index < -0.39 is 0 Å². The van der Waals surface area contributed by atoms with E-state index in [0.29, 0.717) is 6.04 Å². The van der Waals surface area contributed by atoms with E-state index in [2.05, 4.69) is 29.4 Å². The predicted octanol–water partition coefficient (Wildman–Crippen LogP) is 3.25. The average Bonchev–Trinajstić information content (AvgIpc) is 2.45. The lowest BCUT2D eigenvalue weighted by molar-refractivity contribution is 0.0605. The van der Waals surface area contributed by atoms with Crippen molar-refractivity contribution in [3.63, 3.8) is 0 Å². The number of ether oxygens (including phenoxy) is 1. The highest BCUT2D eigenvalue weighted by Gasteiger charge is 2.20. The third-order valence-corrected chi connectivity index (χ3v) is 3.89. The van der Waals surface area contributed by atoms with Crippen molar-refractivity contribution >= 4 is 0 Å². The number of aryl methyl sites for hydroxylation is 1. The predicted molar refractivity (Wildman–Crippen MR) is 78.2 cm³/mol. The van der Waals surface area contributed by atoms with Gasteiger partial charge in [-0.3, -0.25) is 4.98 Å². The van der Waals surface area contributed by atoms with Crippen LogP contribution in [0.15, 0.2) is 18.3 Å². The minimum Gasteiger partial charge on any atom is -0.381 e. The summed E-state index contributed by atoms with van der Waals surface area (Å²) in [5.74, 6) is 0.782. The molecule has 0 spiro atoms. The fourth-order valence-electron chi connectivity index (χ4n) is 2.66. The van der Waals surface area contributed by atoms with Crippen LogP contribution >= 0.6 is 0 Å². The molecule has 0 amide bonds. The van der Waals surface area contributed by atoms with E-state index in [1.54, 1.807) is 0 Å². The number of aromatic nitrogens is 1. The lowest BCUT2D eigenvalue weighted by Crippen LogP contribution is -2.27. The van der Waals surface area contributed by atoms with Crippen molar-refractivity contribution in [2.45, 2.75) is 45.6 Å². The Morgan fingerprint density at radius 1 is 1.37 bits per heavy atom. The Labute approximate surface area is 116 Å². The molecule has 3 heteroatoms. The number of nitrogens with one attached hydrogen (secondary N) is 1. The summed E-state index contributed by atoms with van der Waals surface area (Å²) in [6.45, 7) is 7.18. The summed E-state index contributed by atoms with van der Waals surface area (Å²) >= 11 is 0. The fourth-order valence-corrected chi connectivity index (χ4v) is 2.66. The van der Waals surface area contributed by atoms with Gasteiger partial charge in [-0.25, -0.2) is 0 Å². The molecule has 1 aliphatic heterocycles. The molecule has 3 nitrogen and oxygen atoms in total. The average molecular weight is 262 g/mol. The molecule has 0 bridgehead atoms. The summed E-state index contributed by atoms with van der Waals surface area (Å²) in [6.07, 6.45) is 6.80. The first-order valence-electron chi connectivity index (χ1n) is 7.53. The lowest BCUT2D eigenvalue weighted by atomic mass is 9.90. The zero-order chi connectivity index (χ0) is 13.5. The smallest absolute Gasteiger partial charge is 0.0468 e. The second-order valence-electron chi connectivity index (χ2n) is 5.53. The Morgan fingerprint density at radius 2 is 2.16 bits per heavy atom. The Hall–Kier alpha value is -0.930. The second kappa shape index (κ2) is 7.61. The van der Waals surface area contributed by atoms with Crippen molar-refractivity contribution in [2.24, 2.45) is 5.92 Å². The van der Waals surface area contributed by atoms with Gasteiger partial charge in [-0.2, -0.15) is 0 Å². The van der Waals surface area contributed by atoms with Gasteiger partial charge in [-0.05, 0) is 56.7 Å². The summed E-state index contributed by atoms with van der Waals surface area (Å²) < 4.78 is 5.45. The summed E-state index contributed by atoms with van der Waals surface area (Å²) in [5.41, 5.74) is 2.41. The summed E-state index contributed by atoms with van der Waals surface area (Å²) in [4.78, 5) is 4.44. The molecule has 1 unspecified atom stereocenters. The number of rotatable bonds is 6. The second-order valence-corrected chi connectivity index (χ2v) is 5.53. The first-order valence-corrected chi connectivity index (χ1v) is 7.53. The SMILES string of the molecule is CCCNC(CC1CCOCC1)c1ccc(C)nc1. The highest BCUT2D eigenvalue weighted by molar-refractivity contribution is 5.17. The maximum absolute atomic E-state index is 5.45. The number of pyridine rings is 1. The molecular formula is C16H26N2O. The molecule has 1 N–H and O–H groups in total. The van der Waals surface area contributed by atoms with Gasteiger partial charge < -0.3 is 10.1 Å².